The Morgan fingerprint density at radius 1 is 0.900 bits per heavy atom. The van der Waals surface area contributed by atoms with Crippen LogP contribution in [-0.2, 0) is 20.9 Å². The molecule has 1 aliphatic heterocycles. The number of carbonyl (C=O) groups excluding carboxylic acids is 3. The van der Waals surface area contributed by atoms with Crippen molar-refractivity contribution in [3.05, 3.63) is 107 Å². The molecule has 1 fully saturated rings. The number of hydrogen-bond acceptors (Lipinski definition) is 8. The van der Waals surface area contributed by atoms with E-state index < -0.39 is 12.2 Å². The number of carbonyl (C=O) groups is 3. The maximum Gasteiger partial charge on any atom is 0.411 e. The van der Waals surface area contributed by atoms with Gasteiger partial charge in [-0.25, -0.2) is 4.79 Å². The van der Waals surface area contributed by atoms with Crippen LogP contribution in [-0.4, -0.2) is 65.8 Å². The van der Waals surface area contributed by atoms with Crippen LogP contribution in [0.3, 0.4) is 0 Å². The predicted octanol–water partition coefficient (Wildman–Crippen LogP) is 6.11. The number of piperidine rings is 1. The van der Waals surface area contributed by atoms with Gasteiger partial charge in [0.25, 0.3) is 0 Å². The molecule has 1 atom stereocenters. The number of para-hydroxylation sites is 1. The van der Waals surface area contributed by atoms with Gasteiger partial charge < -0.3 is 35.8 Å². The topological polar surface area (TPSA) is 152 Å². The molecule has 4 aromatic rings. The zero-order chi connectivity index (χ0) is 35.5. The maximum atomic E-state index is 12.9. The number of hydrogen-bond donors (Lipinski definition) is 6. The first-order valence-electron chi connectivity index (χ1n) is 16.9. The van der Waals surface area contributed by atoms with Crippen LogP contribution < -0.4 is 21.3 Å². The molecule has 0 radical (unpaired) electrons. The second-order valence-corrected chi connectivity index (χ2v) is 12.6. The lowest BCUT2D eigenvalue weighted by Gasteiger charge is -2.31. The molecular formula is C39H45N5O6. The fraction of sp³-hybridized carbons (Fsp3) is 0.308. The van der Waals surface area contributed by atoms with E-state index in [1.165, 1.54) is 12.1 Å². The summed E-state index contributed by atoms with van der Waals surface area (Å²) in [5, 5.41) is 32.1. The van der Waals surface area contributed by atoms with E-state index >= 15 is 0 Å². The summed E-state index contributed by atoms with van der Waals surface area (Å²) in [5.74, 6) is -0.136. The van der Waals surface area contributed by atoms with E-state index in [1.54, 1.807) is 6.07 Å². The monoisotopic (exact) mass is 679 g/mol. The molecule has 0 unspecified atom stereocenters. The van der Waals surface area contributed by atoms with Crippen LogP contribution in [0.4, 0.5) is 21.9 Å². The molecule has 4 aromatic carbocycles. The van der Waals surface area contributed by atoms with Gasteiger partial charge in [-0.3, -0.25) is 14.9 Å². The van der Waals surface area contributed by atoms with E-state index in [9.17, 15) is 24.6 Å². The van der Waals surface area contributed by atoms with Crippen LogP contribution >= 0.6 is 0 Å². The highest BCUT2D eigenvalue weighted by atomic mass is 16.6. The minimum Gasteiger partial charge on any atom is -0.506 e. The van der Waals surface area contributed by atoms with Gasteiger partial charge >= 0.3 is 6.09 Å². The second kappa shape index (κ2) is 17.4. The molecule has 1 saturated heterocycles. The molecule has 1 heterocycles. The zero-order valence-corrected chi connectivity index (χ0v) is 28.4. The molecule has 0 saturated carbocycles. The van der Waals surface area contributed by atoms with E-state index in [0.717, 1.165) is 46.6 Å². The smallest absolute Gasteiger partial charge is 0.411 e. The van der Waals surface area contributed by atoms with Crippen molar-refractivity contribution in [2.45, 2.75) is 51.9 Å². The highest BCUT2D eigenvalue weighted by molar-refractivity contribution is 5.92. The second-order valence-electron chi connectivity index (χ2n) is 12.6. The predicted molar refractivity (Wildman–Crippen MR) is 195 cm³/mol. The number of amides is 3. The molecule has 0 spiro atoms. The number of rotatable bonds is 14. The Morgan fingerprint density at radius 2 is 1.64 bits per heavy atom. The third-order valence-corrected chi connectivity index (χ3v) is 8.94. The van der Waals surface area contributed by atoms with E-state index in [0.29, 0.717) is 50.0 Å². The quantitative estimate of drug-likeness (QED) is 0.0690. The van der Waals surface area contributed by atoms with Crippen molar-refractivity contribution in [3.8, 4) is 16.9 Å². The number of nitrogens with zero attached hydrogens (tertiary/aromatic N) is 1. The number of phenols is 1. The Hall–Kier alpha value is -5.23. The summed E-state index contributed by atoms with van der Waals surface area (Å²) in [6.07, 6.45) is 0.739. The number of anilines is 3. The summed E-state index contributed by atoms with van der Waals surface area (Å²) in [6, 6.07) is 26.1. The highest BCUT2D eigenvalue weighted by Gasteiger charge is 2.23. The fourth-order valence-corrected chi connectivity index (χ4v) is 6.08. The largest absolute Gasteiger partial charge is 0.506 e. The normalized spacial score (nSPS) is 14.1. The van der Waals surface area contributed by atoms with Gasteiger partial charge in [0.05, 0.1) is 17.5 Å². The Balaban J connectivity index is 1.02. The number of nitrogens with one attached hydrogen (secondary N) is 4. The molecular weight excluding hydrogens is 634 g/mol. The third kappa shape index (κ3) is 9.91. The summed E-state index contributed by atoms with van der Waals surface area (Å²) in [6.45, 7) is 6.81. The summed E-state index contributed by atoms with van der Waals surface area (Å²) >= 11 is 0. The van der Waals surface area contributed by atoms with Gasteiger partial charge in [-0.05, 0) is 78.8 Å². The van der Waals surface area contributed by atoms with Gasteiger partial charge in [-0.2, -0.15) is 0 Å². The molecule has 3 amide bonds. The van der Waals surface area contributed by atoms with Crippen LogP contribution in [0.1, 0.15) is 47.6 Å². The van der Waals surface area contributed by atoms with Gasteiger partial charge in [-0.1, -0.05) is 60.7 Å². The fourth-order valence-electron chi connectivity index (χ4n) is 6.08. The summed E-state index contributed by atoms with van der Waals surface area (Å²) in [4.78, 5) is 38.6. The molecule has 6 N–H and O–H groups in total. The van der Waals surface area contributed by atoms with Crippen LogP contribution in [0.2, 0.25) is 0 Å². The lowest BCUT2D eigenvalue weighted by Crippen LogP contribution is -2.39. The lowest BCUT2D eigenvalue weighted by molar-refractivity contribution is -0.116. The van der Waals surface area contributed by atoms with Crippen molar-refractivity contribution in [2.24, 2.45) is 0 Å². The Kier molecular flexibility index (Phi) is 12.6. The van der Waals surface area contributed by atoms with Gasteiger partial charge in [0.1, 0.15) is 11.9 Å². The van der Waals surface area contributed by atoms with Crippen molar-refractivity contribution in [1.82, 2.24) is 10.2 Å². The van der Waals surface area contributed by atoms with Crippen molar-refractivity contribution >= 4 is 35.5 Å². The summed E-state index contributed by atoms with van der Waals surface area (Å²) in [5.41, 5.74) is 7.20. The average molecular weight is 680 g/mol. The molecule has 0 bridgehead atoms. The molecule has 5 rings (SSSR count). The van der Waals surface area contributed by atoms with Crippen LogP contribution in [0, 0.1) is 13.8 Å². The SMILES string of the molecule is Cc1cc(NC(=O)CCN2CCC(OC(=O)Nc3ccccc3-c3ccccc3)CC2)c(C)cc1CNC[C@@H](O)c1ccc(O)c(NC=O)c1. The Bertz CT molecular complexity index is 1770. The van der Waals surface area contributed by atoms with Gasteiger partial charge in [0.2, 0.25) is 12.3 Å². The van der Waals surface area contributed by atoms with E-state index in [-0.39, 0.29) is 30.0 Å². The Morgan fingerprint density at radius 3 is 2.40 bits per heavy atom. The summed E-state index contributed by atoms with van der Waals surface area (Å²) < 4.78 is 5.75. The standard InChI is InChI=1S/C39H45N5O6/c1-26-21-34(27(2)20-30(26)23-40-24-37(47)29-12-13-36(46)35(22-29)41-25-45)42-38(48)16-19-44-17-14-31(15-18-44)50-39(49)43-33-11-7-6-10-32(33)28-8-4-3-5-9-28/h3-13,20-22,25,31,37,40,46-47H,14-19,23-24H2,1-2H3,(H,41,45)(H,42,48)(H,43,49)/t37-/m1/s1. The molecule has 0 aromatic heterocycles. The van der Waals surface area contributed by atoms with Crippen LogP contribution in [0.15, 0.2) is 84.9 Å². The van der Waals surface area contributed by atoms with Crippen molar-refractivity contribution in [1.29, 1.82) is 0 Å². The molecule has 11 heteroatoms. The molecule has 11 nitrogen and oxygen atoms in total. The van der Waals surface area contributed by atoms with Crippen LogP contribution in [0.25, 0.3) is 11.1 Å². The van der Waals surface area contributed by atoms with E-state index in [2.05, 4.69) is 26.2 Å². The lowest BCUT2D eigenvalue weighted by atomic mass is 10.0. The molecule has 50 heavy (non-hydrogen) atoms. The molecule has 1 aliphatic rings. The molecule has 0 aliphatic carbocycles. The van der Waals surface area contributed by atoms with Gasteiger partial charge in [0.15, 0.2) is 0 Å². The number of benzene rings is 4. The number of aliphatic hydroxyl groups excluding tert-OH is 1. The van der Waals surface area contributed by atoms with Crippen molar-refractivity contribution in [2.75, 3.05) is 42.1 Å². The van der Waals surface area contributed by atoms with Gasteiger partial charge in [0, 0.05) is 50.4 Å². The Labute approximate surface area is 292 Å². The minimum absolute atomic E-state index is 0.0614. The van der Waals surface area contributed by atoms with Crippen molar-refractivity contribution < 1.29 is 29.3 Å². The number of phenolic OH excluding ortho intramolecular Hbond substituents is 1. The number of aliphatic hydroxyl groups is 1. The van der Waals surface area contributed by atoms with E-state index in [1.807, 2.05) is 80.6 Å². The average Bonchev–Trinajstić information content (AvgIpc) is 3.11. The minimum atomic E-state index is -0.839. The van der Waals surface area contributed by atoms with E-state index in [4.69, 9.17) is 4.74 Å². The first-order valence-corrected chi connectivity index (χ1v) is 16.9. The van der Waals surface area contributed by atoms with Crippen LogP contribution in [0.5, 0.6) is 5.75 Å². The summed E-state index contributed by atoms with van der Waals surface area (Å²) in [7, 11) is 0. The number of likely N-dealkylation sites (tertiary alicyclic amines) is 1. The maximum absolute atomic E-state index is 12.9. The number of aromatic hydroxyl groups is 1. The molecule has 262 valence electrons. The third-order valence-electron chi connectivity index (χ3n) is 8.94. The van der Waals surface area contributed by atoms with Crippen molar-refractivity contribution in [3.63, 3.8) is 0 Å². The number of ether oxygens (including phenoxy) is 1. The first-order chi connectivity index (χ1) is 24.2. The number of aryl methyl sites for hydroxylation is 2. The first kappa shape index (κ1) is 36.1. The zero-order valence-electron chi connectivity index (χ0n) is 28.4. The highest BCUT2D eigenvalue weighted by Crippen LogP contribution is 2.29. The van der Waals surface area contributed by atoms with Gasteiger partial charge in [-0.15, -0.1) is 0 Å².